The van der Waals surface area contributed by atoms with Gasteiger partial charge in [-0.2, -0.15) is 0 Å². The van der Waals surface area contributed by atoms with Crippen LogP contribution >= 0.6 is 11.6 Å². The standard InChI is InChI=1S/C29H26ClF2N5O3/c1-17(38)25-15-36(26-5-4-22(11-24(25)26)35-23-3-2-6-33-13-23)16-28(39)37-14-21(32)10-27(37)29(40)34-12-18-7-19(30)9-20(31)8-18/h2-9,11,13,15,21,27,35H,10,12,14,16H2,1H3,(H,34,40)/t21-,27+/m1/s1. The van der Waals surface area contributed by atoms with Crippen molar-refractivity contribution >= 4 is 51.5 Å². The molecule has 1 aliphatic rings. The second-order valence-electron chi connectivity index (χ2n) is 9.72. The summed E-state index contributed by atoms with van der Waals surface area (Å²) in [7, 11) is 0. The Morgan fingerprint density at radius 2 is 1.95 bits per heavy atom. The van der Waals surface area contributed by atoms with Gasteiger partial charge in [-0.1, -0.05) is 11.6 Å². The fraction of sp³-hybridized carbons (Fsp3) is 0.241. The monoisotopic (exact) mass is 565 g/mol. The van der Waals surface area contributed by atoms with Crippen molar-refractivity contribution in [1.82, 2.24) is 19.8 Å². The van der Waals surface area contributed by atoms with Crippen LogP contribution in [0.3, 0.4) is 0 Å². The second-order valence-corrected chi connectivity index (χ2v) is 10.2. The number of nitrogens with one attached hydrogen (secondary N) is 2. The molecule has 2 atom stereocenters. The number of carbonyl (C=O) groups is 3. The van der Waals surface area contributed by atoms with Crippen molar-refractivity contribution in [3.05, 3.63) is 89.1 Å². The first kappa shape index (κ1) is 27.3. The summed E-state index contributed by atoms with van der Waals surface area (Å²) in [4.78, 5) is 44.0. The molecule has 8 nitrogen and oxygen atoms in total. The number of ketones is 1. The van der Waals surface area contributed by atoms with Crippen molar-refractivity contribution in [2.75, 3.05) is 11.9 Å². The molecule has 2 aromatic carbocycles. The molecule has 3 heterocycles. The zero-order valence-corrected chi connectivity index (χ0v) is 22.3. The molecule has 4 aromatic rings. The first-order valence-electron chi connectivity index (χ1n) is 12.6. The Kier molecular flexibility index (Phi) is 7.79. The number of alkyl halides is 1. The highest BCUT2D eigenvalue weighted by molar-refractivity contribution is 6.30. The maximum Gasteiger partial charge on any atom is 0.243 e. The molecule has 0 bridgehead atoms. The molecule has 1 fully saturated rings. The molecule has 2 aromatic heterocycles. The second kappa shape index (κ2) is 11.4. The number of hydrogen-bond acceptors (Lipinski definition) is 5. The van der Waals surface area contributed by atoms with Gasteiger partial charge < -0.3 is 20.1 Å². The number of likely N-dealkylation sites (tertiary alicyclic amines) is 1. The highest BCUT2D eigenvalue weighted by atomic mass is 35.5. The molecular formula is C29H26ClF2N5O3. The third-order valence-electron chi connectivity index (χ3n) is 6.78. The van der Waals surface area contributed by atoms with E-state index in [4.69, 9.17) is 11.6 Å². The number of fused-ring (bicyclic) bond motifs is 1. The van der Waals surface area contributed by atoms with Gasteiger partial charge in [0.1, 0.15) is 24.6 Å². The summed E-state index contributed by atoms with van der Waals surface area (Å²) in [5.74, 6) is -1.71. The van der Waals surface area contributed by atoms with E-state index < -0.39 is 29.8 Å². The third kappa shape index (κ3) is 5.96. The molecule has 2 amide bonds. The molecule has 0 unspecified atom stereocenters. The molecule has 11 heteroatoms. The van der Waals surface area contributed by atoms with Crippen LogP contribution in [0.2, 0.25) is 5.02 Å². The van der Waals surface area contributed by atoms with Crippen LogP contribution in [0.4, 0.5) is 20.2 Å². The van der Waals surface area contributed by atoms with Crippen molar-refractivity contribution in [3.8, 4) is 0 Å². The minimum absolute atomic E-state index is 0.0224. The lowest BCUT2D eigenvalue weighted by Crippen LogP contribution is -2.46. The summed E-state index contributed by atoms with van der Waals surface area (Å²) < 4.78 is 29.7. The molecule has 1 saturated heterocycles. The van der Waals surface area contributed by atoms with Crippen LogP contribution in [0.15, 0.2) is 67.1 Å². The van der Waals surface area contributed by atoms with Crippen molar-refractivity contribution in [2.24, 2.45) is 0 Å². The van der Waals surface area contributed by atoms with E-state index in [0.717, 1.165) is 17.4 Å². The van der Waals surface area contributed by atoms with Gasteiger partial charge in [-0.25, -0.2) is 8.78 Å². The van der Waals surface area contributed by atoms with E-state index in [2.05, 4.69) is 15.6 Å². The number of pyridine rings is 1. The molecule has 206 valence electrons. The van der Waals surface area contributed by atoms with Crippen LogP contribution in [0.5, 0.6) is 0 Å². The zero-order chi connectivity index (χ0) is 28.4. The van der Waals surface area contributed by atoms with Gasteiger partial charge in [-0.3, -0.25) is 19.4 Å². The van der Waals surface area contributed by atoms with Crippen molar-refractivity contribution < 1.29 is 23.2 Å². The summed E-state index contributed by atoms with van der Waals surface area (Å²) in [6.45, 7) is 1.02. The average Bonchev–Trinajstić information content (AvgIpc) is 3.48. The summed E-state index contributed by atoms with van der Waals surface area (Å²) in [5.41, 5.74) is 3.04. The van der Waals surface area contributed by atoms with Crippen molar-refractivity contribution in [3.63, 3.8) is 0 Å². The number of anilines is 2. The number of hydrogen-bond donors (Lipinski definition) is 2. The quantitative estimate of drug-likeness (QED) is 0.292. The Bertz CT molecular complexity index is 1570. The predicted octanol–water partition coefficient (Wildman–Crippen LogP) is 5.03. The molecular weight excluding hydrogens is 540 g/mol. The number of amides is 2. The summed E-state index contributed by atoms with van der Waals surface area (Å²) in [6.07, 6.45) is 3.44. The Morgan fingerprint density at radius 1 is 1.12 bits per heavy atom. The average molecular weight is 566 g/mol. The van der Waals surface area contributed by atoms with Crippen LogP contribution in [0, 0.1) is 5.82 Å². The lowest BCUT2D eigenvalue weighted by Gasteiger charge is -2.24. The number of rotatable bonds is 8. The number of carbonyl (C=O) groups excluding carboxylic acids is 3. The van der Waals surface area contributed by atoms with Crippen molar-refractivity contribution in [1.29, 1.82) is 0 Å². The van der Waals surface area contributed by atoms with E-state index >= 15 is 0 Å². The Hall–Kier alpha value is -4.31. The van der Waals surface area contributed by atoms with Crippen LogP contribution in [0.1, 0.15) is 29.3 Å². The van der Waals surface area contributed by atoms with Crippen LogP contribution in [-0.4, -0.2) is 50.8 Å². The van der Waals surface area contributed by atoms with Crippen LogP contribution in [-0.2, 0) is 22.7 Å². The van der Waals surface area contributed by atoms with Gasteiger partial charge in [0.25, 0.3) is 0 Å². The molecule has 0 spiro atoms. The lowest BCUT2D eigenvalue weighted by atomic mass is 10.1. The highest BCUT2D eigenvalue weighted by Crippen LogP contribution is 2.28. The Balaban J connectivity index is 1.33. The van der Waals surface area contributed by atoms with Crippen LogP contribution in [0.25, 0.3) is 10.9 Å². The van der Waals surface area contributed by atoms with Gasteiger partial charge in [0.2, 0.25) is 11.8 Å². The molecule has 0 saturated carbocycles. The van der Waals surface area contributed by atoms with Crippen LogP contribution < -0.4 is 10.6 Å². The molecule has 40 heavy (non-hydrogen) atoms. The van der Waals surface area contributed by atoms with E-state index in [-0.39, 0.29) is 36.9 Å². The van der Waals surface area contributed by atoms with Gasteiger partial charge in [0, 0.05) is 52.5 Å². The van der Waals surface area contributed by atoms with Crippen molar-refractivity contribution in [2.45, 2.75) is 38.6 Å². The summed E-state index contributed by atoms with van der Waals surface area (Å²) in [5, 5.41) is 6.73. The maximum atomic E-state index is 14.4. The SMILES string of the molecule is CC(=O)c1cn(CC(=O)N2C[C@H](F)C[C@H]2C(=O)NCc2cc(F)cc(Cl)c2)c2ccc(Nc3cccnc3)cc12. The van der Waals surface area contributed by atoms with E-state index in [0.29, 0.717) is 22.0 Å². The highest BCUT2D eigenvalue weighted by Gasteiger charge is 2.39. The fourth-order valence-corrected chi connectivity index (χ4v) is 5.20. The first-order valence-corrected chi connectivity index (χ1v) is 13.0. The molecule has 2 N–H and O–H groups in total. The molecule has 1 aliphatic heterocycles. The normalized spacial score (nSPS) is 16.8. The number of Topliss-reactive ketones (excluding diaryl/α,β-unsaturated/α-hetero) is 1. The number of benzene rings is 2. The number of nitrogens with zero attached hydrogens (tertiary/aromatic N) is 3. The van der Waals surface area contributed by atoms with Gasteiger partial charge >= 0.3 is 0 Å². The minimum Gasteiger partial charge on any atom is -0.354 e. The van der Waals surface area contributed by atoms with Gasteiger partial charge in [-0.15, -0.1) is 0 Å². The summed E-state index contributed by atoms with van der Waals surface area (Å²) in [6, 6.07) is 12.0. The molecule has 5 rings (SSSR count). The van der Waals surface area contributed by atoms with E-state index in [1.54, 1.807) is 35.3 Å². The van der Waals surface area contributed by atoms with Gasteiger partial charge in [0.15, 0.2) is 5.78 Å². The summed E-state index contributed by atoms with van der Waals surface area (Å²) >= 11 is 5.88. The zero-order valence-electron chi connectivity index (χ0n) is 21.5. The Morgan fingerprint density at radius 3 is 2.67 bits per heavy atom. The van der Waals surface area contributed by atoms with E-state index in [1.165, 1.54) is 24.0 Å². The number of halogens is 3. The lowest BCUT2D eigenvalue weighted by molar-refractivity contribution is -0.139. The predicted molar refractivity (Wildman–Crippen MR) is 148 cm³/mol. The van der Waals surface area contributed by atoms with Gasteiger partial charge in [-0.05, 0) is 61.0 Å². The minimum atomic E-state index is -1.36. The smallest absolute Gasteiger partial charge is 0.243 e. The fourth-order valence-electron chi connectivity index (χ4n) is 4.96. The molecule has 0 radical (unpaired) electrons. The topological polar surface area (TPSA) is 96.3 Å². The number of aromatic nitrogens is 2. The van der Waals surface area contributed by atoms with E-state index in [1.807, 2.05) is 18.2 Å². The maximum absolute atomic E-state index is 14.4. The Labute approximate surface area is 233 Å². The molecule has 0 aliphatic carbocycles. The van der Waals surface area contributed by atoms with Gasteiger partial charge in [0.05, 0.1) is 18.4 Å². The third-order valence-corrected chi connectivity index (χ3v) is 7.00. The largest absolute Gasteiger partial charge is 0.354 e. The van der Waals surface area contributed by atoms with E-state index in [9.17, 15) is 23.2 Å². The first-order chi connectivity index (χ1) is 19.2.